The summed E-state index contributed by atoms with van der Waals surface area (Å²) in [5.41, 5.74) is 1.89. The van der Waals surface area contributed by atoms with Crippen LogP contribution in [0, 0.1) is 5.82 Å². The zero-order chi connectivity index (χ0) is 22.5. The lowest BCUT2D eigenvalue weighted by Gasteiger charge is -2.13. The summed E-state index contributed by atoms with van der Waals surface area (Å²) in [6.45, 7) is 2.69. The van der Waals surface area contributed by atoms with Gasteiger partial charge in [0.15, 0.2) is 17.2 Å². The molecule has 1 aliphatic rings. The molecule has 0 fully saturated rings. The van der Waals surface area contributed by atoms with Gasteiger partial charge in [-0.3, -0.25) is 0 Å². The first-order chi connectivity index (χ1) is 15.5. The van der Waals surface area contributed by atoms with Crippen LogP contribution in [0.4, 0.5) is 4.39 Å². The number of benzene rings is 3. The minimum atomic E-state index is -0.643. The Morgan fingerprint density at radius 3 is 2.59 bits per heavy atom. The summed E-state index contributed by atoms with van der Waals surface area (Å²) in [4.78, 5) is 16.4. The zero-order valence-corrected chi connectivity index (χ0v) is 18.8. The van der Waals surface area contributed by atoms with Crippen LogP contribution in [-0.2, 0) is 16.1 Å². The fourth-order valence-electron chi connectivity index (χ4n) is 3.09. The van der Waals surface area contributed by atoms with Crippen molar-refractivity contribution in [3.8, 4) is 11.5 Å². The van der Waals surface area contributed by atoms with E-state index in [2.05, 4.69) is 20.9 Å². The molecular weight excluding hydrogens is 477 g/mol. The van der Waals surface area contributed by atoms with Crippen molar-refractivity contribution in [3.63, 3.8) is 0 Å². The molecule has 32 heavy (non-hydrogen) atoms. The van der Waals surface area contributed by atoms with Crippen LogP contribution in [-0.4, -0.2) is 18.5 Å². The molecule has 5 nitrogen and oxygen atoms in total. The van der Waals surface area contributed by atoms with Gasteiger partial charge >= 0.3 is 5.97 Å². The molecule has 1 heterocycles. The Balaban J connectivity index is 1.58. The first-order valence-electron chi connectivity index (χ1n) is 9.95. The van der Waals surface area contributed by atoms with Crippen LogP contribution < -0.4 is 9.47 Å². The molecule has 3 aromatic carbocycles. The number of hydrogen-bond acceptors (Lipinski definition) is 5. The van der Waals surface area contributed by atoms with Crippen LogP contribution in [0.1, 0.15) is 23.6 Å². The van der Waals surface area contributed by atoms with Crippen LogP contribution in [0.3, 0.4) is 0 Å². The quantitative estimate of drug-likeness (QED) is 0.302. The van der Waals surface area contributed by atoms with Crippen molar-refractivity contribution in [1.82, 2.24) is 0 Å². The van der Waals surface area contributed by atoms with Gasteiger partial charge in [-0.05, 0) is 48.9 Å². The number of ether oxygens (including phenoxy) is 3. The van der Waals surface area contributed by atoms with E-state index in [1.807, 2.05) is 31.2 Å². The maximum atomic E-state index is 14.0. The Bertz CT molecular complexity index is 1220. The highest BCUT2D eigenvalue weighted by Gasteiger charge is 2.26. The normalized spacial score (nSPS) is 14.3. The van der Waals surface area contributed by atoms with Gasteiger partial charge in [-0.2, -0.15) is 0 Å². The largest absolute Gasteiger partial charge is 0.490 e. The first kappa shape index (κ1) is 21.8. The van der Waals surface area contributed by atoms with E-state index < -0.39 is 11.8 Å². The number of carbonyl (C=O) groups excluding carboxylic acids is 1. The van der Waals surface area contributed by atoms with Gasteiger partial charge in [-0.15, -0.1) is 0 Å². The maximum absolute atomic E-state index is 14.0. The monoisotopic (exact) mass is 495 g/mol. The summed E-state index contributed by atoms with van der Waals surface area (Å²) in [5, 5.41) is 0. The Labute approximate surface area is 193 Å². The van der Waals surface area contributed by atoms with Gasteiger partial charge in [-0.25, -0.2) is 14.2 Å². The number of cyclic esters (lactones) is 1. The van der Waals surface area contributed by atoms with Crippen LogP contribution in [0.15, 0.2) is 81.9 Å². The third kappa shape index (κ3) is 4.89. The fraction of sp³-hybridized carbons (Fsp3) is 0.120. The predicted molar refractivity (Wildman–Crippen MR) is 123 cm³/mol. The highest BCUT2D eigenvalue weighted by Crippen LogP contribution is 2.31. The number of carbonyl (C=O) groups is 1. The molecule has 162 valence electrons. The highest BCUT2D eigenvalue weighted by atomic mass is 79.9. The summed E-state index contributed by atoms with van der Waals surface area (Å²) >= 11 is 3.51. The molecule has 1 aliphatic heterocycles. The van der Waals surface area contributed by atoms with Gasteiger partial charge < -0.3 is 14.2 Å². The third-order valence-corrected chi connectivity index (χ3v) is 5.41. The van der Waals surface area contributed by atoms with Crippen molar-refractivity contribution in [2.24, 2.45) is 4.99 Å². The molecule has 0 atom stereocenters. The molecule has 0 unspecified atom stereocenters. The third-order valence-electron chi connectivity index (χ3n) is 4.64. The average Bonchev–Trinajstić information content (AvgIpc) is 3.14. The van der Waals surface area contributed by atoms with E-state index in [9.17, 15) is 9.18 Å². The standard InChI is InChI=1S/C25H19BrFNO4/c1-2-30-23-14-16(11-12-22(23)31-15-17-7-3-5-9-19(17)26)13-21-25(29)32-24(28-21)18-8-4-6-10-20(18)27/h3-14H,2,15H2,1H3/b21-13-. The predicted octanol–water partition coefficient (Wildman–Crippen LogP) is 5.91. The molecule has 0 aromatic heterocycles. The lowest BCUT2D eigenvalue weighted by molar-refractivity contribution is -0.129. The smallest absolute Gasteiger partial charge is 0.363 e. The molecule has 0 bridgehead atoms. The van der Waals surface area contributed by atoms with E-state index in [1.165, 1.54) is 12.1 Å². The van der Waals surface area contributed by atoms with Gasteiger partial charge in [0.1, 0.15) is 12.4 Å². The van der Waals surface area contributed by atoms with Crippen molar-refractivity contribution < 1.29 is 23.4 Å². The number of halogens is 2. The van der Waals surface area contributed by atoms with E-state index >= 15 is 0 Å². The summed E-state index contributed by atoms with van der Waals surface area (Å²) in [6, 6.07) is 19.1. The van der Waals surface area contributed by atoms with Gasteiger partial charge in [0.2, 0.25) is 5.90 Å². The molecule has 0 aliphatic carbocycles. The van der Waals surface area contributed by atoms with E-state index in [0.29, 0.717) is 30.3 Å². The first-order valence-corrected chi connectivity index (χ1v) is 10.7. The van der Waals surface area contributed by atoms with Crippen molar-refractivity contribution in [3.05, 3.63) is 99.4 Å². The topological polar surface area (TPSA) is 57.1 Å². The van der Waals surface area contributed by atoms with E-state index in [-0.39, 0.29) is 17.2 Å². The number of rotatable bonds is 7. The Morgan fingerprint density at radius 2 is 1.81 bits per heavy atom. The number of aliphatic imine (C=N–C) groups is 1. The summed E-state index contributed by atoms with van der Waals surface area (Å²) in [7, 11) is 0. The lowest BCUT2D eigenvalue weighted by atomic mass is 10.1. The molecule has 0 amide bonds. The SMILES string of the molecule is CCOc1cc(/C=C2\N=C(c3ccccc3F)OC2=O)ccc1OCc1ccccc1Br. The van der Waals surface area contributed by atoms with Crippen molar-refractivity contribution >= 4 is 33.9 Å². The van der Waals surface area contributed by atoms with Crippen LogP contribution in [0.25, 0.3) is 6.08 Å². The minimum absolute atomic E-state index is 0.0576. The fourth-order valence-corrected chi connectivity index (χ4v) is 3.49. The minimum Gasteiger partial charge on any atom is -0.490 e. The maximum Gasteiger partial charge on any atom is 0.363 e. The molecule has 3 aromatic rings. The zero-order valence-electron chi connectivity index (χ0n) is 17.2. The second-order valence-electron chi connectivity index (χ2n) is 6.84. The van der Waals surface area contributed by atoms with Crippen molar-refractivity contribution in [2.45, 2.75) is 13.5 Å². The second kappa shape index (κ2) is 9.78. The van der Waals surface area contributed by atoms with Gasteiger partial charge in [0, 0.05) is 10.0 Å². The second-order valence-corrected chi connectivity index (χ2v) is 7.69. The average molecular weight is 496 g/mol. The van der Waals surface area contributed by atoms with Crippen LogP contribution in [0.5, 0.6) is 11.5 Å². The Hall–Kier alpha value is -3.45. The summed E-state index contributed by atoms with van der Waals surface area (Å²) in [6.07, 6.45) is 1.57. The van der Waals surface area contributed by atoms with Crippen LogP contribution >= 0.6 is 15.9 Å². The lowest BCUT2D eigenvalue weighted by Crippen LogP contribution is -2.07. The van der Waals surface area contributed by atoms with Crippen LogP contribution in [0.2, 0.25) is 0 Å². The molecule has 0 spiro atoms. The molecule has 0 saturated carbocycles. The van der Waals surface area contributed by atoms with E-state index in [1.54, 1.807) is 36.4 Å². The molecule has 0 saturated heterocycles. The highest BCUT2D eigenvalue weighted by molar-refractivity contribution is 9.10. The van der Waals surface area contributed by atoms with E-state index in [4.69, 9.17) is 14.2 Å². The molecule has 4 rings (SSSR count). The molecular formula is C25H19BrFNO4. The van der Waals surface area contributed by atoms with Gasteiger partial charge in [-0.1, -0.05) is 52.3 Å². The van der Waals surface area contributed by atoms with Gasteiger partial charge in [0.05, 0.1) is 12.2 Å². The Kier molecular flexibility index (Phi) is 6.66. The number of nitrogens with zero attached hydrogens (tertiary/aromatic N) is 1. The number of esters is 1. The Morgan fingerprint density at radius 1 is 1.03 bits per heavy atom. The summed E-state index contributed by atoms with van der Waals surface area (Å²) in [5.74, 6) is -0.0911. The van der Waals surface area contributed by atoms with Crippen molar-refractivity contribution in [2.75, 3.05) is 6.61 Å². The molecule has 0 N–H and O–H groups in total. The number of hydrogen-bond donors (Lipinski definition) is 0. The van der Waals surface area contributed by atoms with E-state index in [0.717, 1.165) is 10.0 Å². The van der Waals surface area contributed by atoms with Gasteiger partial charge in [0.25, 0.3) is 0 Å². The molecule has 7 heteroatoms. The summed E-state index contributed by atoms with van der Waals surface area (Å²) < 4.78 is 31.8. The molecule has 0 radical (unpaired) electrons. The van der Waals surface area contributed by atoms with Crippen molar-refractivity contribution in [1.29, 1.82) is 0 Å².